The van der Waals surface area contributed by atoms with Gasteiger partial charge in [-0.15, -0.1) is 0 Å². The quantitative estimate of drug-likeness (QED) is 0.320. The molecule has 0 unspecified atom stereocenters. The molecule has 31 heavy (non-hydrogen) atoms. The molecule has 162 valence electrons. The summed E-state index contributed by atoms with van der Waals surface area (Å²) in [5.74, 6) is 0.426. The smallest absolute Gasteiger partial charge is 0.266 e. The third-order valence-corrected chi connectivity index (χ3v) is 7.20. The van der Waals surface area contributed by atoms with Crippen LogP contribution >= 0.6 is 58.8 Å². The van der Waals surface area contributed by atoms with E-state index in [1.807, 2.05) is 12.1 Å². The molecule has 0 saturated carbocycles. The summed E-state index contributed by atoms with van der Waals surface area (Å²) in [5, 5.41) is 1.54. The number of nitrogens with zero attached hydrogens (tertiary/aromatic N) is 1. The van der Waals surface area contributed by atoms with Gasteiger partial charge in [0.2, 0.25) is 0 Å². The first-order valence-electron chi connectivity index (χ1n) is 9.64. The zero-order chi connectivity index (χ0) is 22.0. The monoisotopic (exact) mass is 513 g/mol. The molecule has 2 aromatic carbocycles. The van der Waals surface area contributed by atoms with Crippen LogP contribution in [-0.4, -0.2) is 34.4 Å². The summed E-state index contributed by atoms with van der Waals surface area (Å²) in [5.41, 5.74) is 1.60. The van der Waals surface area contributed by atoms with Crippen molar-refractivity contribution in [2.45, 2.75) is 25.6 Å². The number of benzene rings is 2. The van der Waals surface area contributed by atoms with Gasteiger partial charge in [-0.05, 0) is 48.7 Å². The molecular formula is C22H18Cl3NO3S2. The molecule has 9 heteroatoms. The van der Waals surface area contributed by atoms with Crippen LogP contribution in [0.4, 0.5) is 0 Å². The number of amides is 1. The molecule has 0 bridgehead atoms. The van der Waals surface area contributed by atoms with E-state index >= 15 is 0 Å². The Balaban J connectivity index is 1.43. The number of hydrogen-bond donors (Lipinski definition) is 0. The second-order valence-corrected chi connectivity index (χ2v) is 10.1. The van der Waals surface area contributed by atoms with Crippen LogP contribution in [-0.2, 0) is 16.1 Å². The minimum atomic E-state index is -0.0978. The van der Waals surface area contributed by atoms with Crippen LogP contribution in [0.1, 0.15) is 24.0 Å². The van der Waals surface area contributed by atoms with Crippen LogP contribution < -0.4 is 4.74 Å². The van der Waals surface area contributed by atoms with E-state index in [0.717, 1.165) is 30.6 Å². The maximum absolute atomic E-state index is 12.8. The Bertz CT molecular complexity index is 1050. The van der Waals surface area contributed by atoms with E-state index < -0.39 is 0 Å². The molecule has 2 aromatic rings. The average Bonchev–Trinajstić information content (AvgIpc) is 3.33. The summed E-state index contributed by atoms with van der Waals surface area (Å²) in [6.45, 7) is 1.51. The largest absolute Gasteiger partial charge is 0.487 e. The van der Waals surface area contributed by atoms with Crippen LogP contribution in [0.2, 0.25) is 15.1 Å². The highest BCUT2D eigenvalue weighted by atomic mass is 35.5. The van der Waals surface area contributed by atoms with Crippen LogP contribution in [0.15, 0.2) is 41.3 Å². The lowest BCUT2D eigenvalue weighted by Crippen LogP contribution is -2.35. The molecule has 2 heterocycles. The summed E-state index contributed by atoms with van der Waals surface area (Å²) in [6.07, 6.45) is 3.82. The summed E-state index contributed by atoms with van der Waals surface area (Å²) in [7, 11) is 0. The summed E-state index contributed by atoms with van der Waals surface area (Å²) in [4.78, 5) is 15.0. The maximum Gasteiger partial charge on any atom is 0.266 e. The van der Waals surface area contributed by atoms with Gasteiger partial charge < -0.3 is 9.47 Å². The fourth-order valence-corrected chi connectivity index (χ4v) is 5.30. The molecule has 0 aromatic heterocycles. The first kappa shape index (κ1) is 22.9. The molecule has 2 fully saturated rings. The highest BCUT2D eigenvalue weighted by molar-refractivity contribution is 8.26. The summed E-state index contributed by atoms with van der Waals surface area (Å²) < 4.78 is 12.0. The van der Waals surface area contributed by atoms with E-state index in [4.69, 9.17) is 56.5 Å². The minimum absolute atomic E-state index is 0.0573. The Kier molecular flexibility index (Phi) is 7.47. The molecule has 4 rings (SSSR count). The predicted molar refractivity (Wildman–Crippen MR) is 131 cm³/mol. The van der Waals surface area contributed by atoms with Crippen molar-refractivity contribution < 1.29 is 14.3 Å². The lowest BCUT2D eigenvalue weighted by molar-refractivity contribution is -0.123. The van der Waals surface area contributed by atoms with E-state index in [0.29, 0.717) is 36.6 Å². The van der Waals surface area contributed by atoms with Crippen LogP contribution in [0.25, 0.3) is 6.08 Å². The molecule has 0 radical (unpaired) electrons. The van der Waals surface area contributed by atoms with Gasteiger partial charge in [0.05, 0.1) is 22.6 Å². The van der Waals surface area contributed by atoms with E-state index in [9.17, 15) is 4.79 Å². The van der Waals surface area contributed by atoms with Crippen molar-refractivity contribution in [2.24, 2.45) is 0 Å². The fourth-order valence-electron chi connectivity index (χ4n) is 3.32. The third kappa shape index (κ3) is 5.56. The summed E-state index contributed by atoms with van der Waals surface area (Å²) in [6, 6.07) is 10.6. The number of ether oxygens (including phenoxy) is 2. The van der Waals surface area contributed by atoms with Gasteiger partial charge in [0.25, 0.3) is 5.91 Å². The molecule has 2 aliphatic rings. The number of halogens is 3. The molecule has 0 N–H and O–H groups in total. The van der Waals surface area contributed by atoms with E-state index in [2.05, 4.69) is 0 Å². The molecule has 2 saturated heterocycles. The minimum Gasteiger partial charge on any atom is -0.487 e. The third-order valence-electron chi connectivity index (χ3n) is 4.94. The fraction of sp³-hybridized carbons (Fsp3) is 0.273. The lowest BCUT2D eigenvalue weighted by Gasteiger charge is -2.18. The normalized spacial score (nSPS) is 20.2. The SMILES string of the molecule is O=C1/C(=C/c2ccc(OCc3ccc(Cl)cc3Cl)c(Cl)c2)SC(=S)N1C[C@@H]1CCCO1. The topological polar surface area (TPSA) is 38.8 Å². The highest BCUT2D eigenvalue weighted by Crippen LogP contribution is 2.35. The number of thiocarbonyl (C=S) groups is 1. The van der Waals surface area contributed by atoms with E-state index in [1.165, 1.54) is 11.8 Å². The van der Waals surface area contributed by atoms with Gasteiger partial charge in [0.1, 0.15) is 16.7 Å². The highest BCUT2D eigenvalue weighted by Gasteiger charge is 2.34. The predicted octanol–water partition coefficient (Wildman–Crippen LogP) is 6.61. The molecule has 4 nitrogen and oxygen atoms in total. The number of carbonyl (C=O) groups is 1. The van der Waals surface area contributed by atoms with Crippen LogP contribution in [0.5, 0.6) is 5.75 Å². The van der Waals surface area contributed by atoms with E-state index in [-0.39, 0.29) is 18.6 Å². The Morgan fingerprint density at radius 3 is 2.74 bits per heavy atom. The number of hydrogen-bond acceptors (Lipinski definition) is 5. The van der Waals surface area contributed by atoms with Gasteiger partial charge in [-0.3, -0.25) is 9.69 Å². The van der Waals surface area contributed by atoms with Crippen molar-refractivity contribution in [3.05, 3.63) is 67.5 Å². The Labute approximate surface area is 205 Å². The van der Waals surface area contributed by atoms with Gasteiger partial charge in [-0.1, -0.05) is 70.9 Å². The maximum atomic E-state index is 12.8. The summed E-state index contributed by atoms with van der Waals surface area (Å²) >= 11 is 25.2. The zero-order valence-corrected chi connectivity index (χ0v) is 20.2. The standard InChI is InChI=1S/C22H18Cl3NO3S2/c23-15-5-4-14(17(24)10-15)12-29-19-6-3-13(8-18(19)25)9-20-21(27)26(22(30)31-20)11-16-2-1-7-28-16/h3-6,8-10,16H,1-2,7,11-12H2/b20-9-/t16-/m0/s1. The second kappa shape index (κ2) is 10.1. The van der Waals surface area contributed by atoms with Gasteiger partial charge in [-0.25, -0.2) is 0 Å². The zero-order valence-electron chi connectivity index (χ0n) is 16.3. The molecule has 1 amide bonds. The van der Waals surface area contributed by atoms with Crippen molar-refractivity contribution in [2.75, 3.05) is 13.2 Å². The molecular weight excluding hydrogens is 497 g/mol. The Morgan fingerprint density at radius 1 is 1.19 bits per heavy atom. The Morgan fingerprint density at radius 2 is 2.03 bits per heavy atom. The van der Waals surface area contributed by atoms with Gasteiger partial charge >= 0.3 is 0 Å². The molecule has 2 aliphatic heterocycles. The van der Waals surface area contributed by atoms with Crippen LogP contribution in [0.3, 0.4) is 0 Å². The van der Waals surface area contributed by atoms with Gasteiger partial charge in [0.15, 0.2) is 0 Å². The Hall–Kier alpha value is -1.28. The van der Waals surface area contributed by atoms with Crippen molar-refractivity contribution in [1.82, 2.24) is 4.90 Å². The van der Waals surface area contributed by atoms with Crippen molar-refractivity contribution in [1.29, 1.82) is 0 Å². The van der Waals surface area contributed by atoms with Crippen molar-refractivity contribution in [3.63, 3.8) is 0 Å². The van der Waals surface area contributed by atoms with Crippen molar-refractivity contribution >= 4 is 75.1 Å². The average molecular weight is 515 g/mol. The number of rotatable bonds is 6. The van der Waals surface area contributed by atoms with E-state index in [1.54, 1.807) is 35.2 Å². The molecule has 0 spiro atoms. The van der Waals surface area contributed by atoms with Crippen molar-refractivity contribution in [3.8, 4) is 5.75 Å². The van der Waals surface area contributed by atoms with Gasteiger partial charge in [0, 0.05) is 22.2 Å². The second-order valence-electron chi connectivity index (χ2n) is 7.14. The number of carbonyl (C=O) groups excluding carboxylic acids is 1. The molecule has 1 atom stereocenters. The lowest BCUT2D eigenvalue weighted by atomic mass is 10.2. The van der Waals surface area contributed by atoms with Crippen LogP contribution in [0, 0.1) is 0 Å². The first-order valence-corrected chi connectivity index (χ1v) is 12.0. The van der Waals surface area contributed by atoms with Gasteiger partial charge in [-0.2, -0.15) is 0 Å². The molecule has 0 aliphatic carbocycles. The first-order chi connectivity index (χ1) is 14.9. The number of thioether (sulfide) groups is 1.